The van der Waals surface area contributed by atoms with Crippen molar-refractivity contribution in [3.8, 4) is 0 Å². The second-order valence-corrected chi connectivity index (χ2v) is 11.7. The van der Waals surface area contributed by atoms with E-state index in [1.165, 1.54) is 29.8 Å². The van der Waals surface area contributed by atoms with Crippen molar-refractivity contribution in [2.75, 3.05) is 16.8 Å². The molecule has 11 heteroatoms. The molecule has 0 unspecified atom stereocenters. The third-order valence-corrected chi connectivity index (χ3v) is 8.54. The number of amides is 3. The van der Waals surface area contributed by atoms with Gasteiger partial charge in [0, 0.05) is 22.8 Å². The van der Waals surface area contributed by atoms with E-state index in [0.29, 0.717) is 31.9 Å². The Morgan fingerprint density at radius 2 is 1.74 bits per heavy atom. The summed E-state index contributed by atoms with van der Waals surface area (Å²) in [6.07, 6.45) is 6.64. The van der Waals surface area contributed by atoms with E-state index in [4.69, 9.17) is 28.3 Å². The average molecular weight is 640 g/mol. The Morgan fingerprint density at radius 3 is 2.42 bits per heavy atom. The minimum absolute atomic E-state index is 0. The van der Waals surface area contributed by atoms with E-state index in [0.717, 1.165) is 28.7 Å². The van der Waals surface area contributed by atoms with Crippen LogP contribution < -0.4 is 15.5 Å². The summed E-state index contributed by atoms with van der Waals surface area (Å²) in [6.45, 7) is 0.270. The van der Waals surface area contributed by atoms with Crippen LogP contribution in [0.4, 0.5) is 15.6 Å². The van der Waals surface area contributed by atoms with Crippen LogP contribution in [0.15, 0.2) is 66.7 Å². The number of hydrogen-bond donors (Lipinski definition) is 3. The number of nitrogens with zero attached hydrogens (tertiary/aromatic N) is 2. The van der Waals surface area contributed by atoms with E-state index in [-0.39, 0.29) is 38.9 Å². The Bertz CT molecular complexity index is 1650. The van der Waals surface area contributed by atoms with Gasteiger partial charge in [-0.25, -0.2) is 9.78 Å². The number of carbonyl (C=O) groups is 3. The van der Waals surface area contributed by atoms with Gasteiger partial charge in [-0.1, -0.05) is 72.3 Å². The van der Waals surface area contributed by atoms with Gasteiger partial charge in [0.05, 0.1) is 28.2 Å². The van der Waals surface area contributed by atoms with Gasteiger partial charge in [-0.2, -0.15) is 0 Å². The zero-order valence-electron chi connectivity index (χ0n) is 22.5. The zero-order chi connectivity index (χ0) is 29.6. The predicted molar refractivity (Wildman–Crippen MR) is 175 cm³/mol. The molecule has 4 aromatic rings. The first kappa shape index (κ1) is 32.0. The molecule has 0 saturated carbocycles. The molecule has 0 aliphatic heterocycles. The van der Waals surface area contributed by atoms with Crippen LogP contribution in [0.2, 0.25) is 10.0 Å². The molecule has 3 N–H and O–H groups in total. The molecule has 0 bridgehead atoms. The fourth-order valence-electron chi connectivity index (χ4n) is 4.74. The van der Waals surface area contributed by atoms with Gasteiger partial charge in [0.1, 0.15) is 0 Å². The van der Waals surface area contributed by atoms with Gasteiger partial charge >= 0.3 is 12.0 Å². The van der Waals surface area contributed by atoms with Gasteiger partial charge in [-0.3, -0.25) is 19.8 Å². The summed E-state index contributed by atoms with van der Waals surface area (Å²) in [5.41, 5.74) is 4.97. The van der Waals surface area contributed by atoms with E-state index >= 15 is 0 Å². The number of nitrogens with one attached hydrogen (secondary N) is 2. The number of aromatic nitrogens is 1. The molecule has 1 heterocycles. The fraction of sp³-hybridized carbons (Fsp3) is 0.250. The fourth-order valence-corrected chi connectivity index (χ4v) is 6.18. The highest BCUT2D eigenvalue weighted by Gasteiger charge is 2.20. The third-order valence-electron chi connectivity index (χ3n) is 6.89. The van der Waals surface area contributed by atoms with Crippen LogP contribution in [0.1, 0.15) is 61.0 Å². The first-order valence-corrected chi connectivity index (χ1v) is 15.1. The Labute approximate surface area is 264 Å². The van der Waals surface area contributed by atoms with Gasteiger partial charge in [-0.05, 0) is 78.8 Å². The van der Waals surface area contributed by atoms with Crippen molar-refractivity contribution in [2.24, 2.45) is 0 Å². The molecule has 0 fully saturated rings. The van der Waals surface area contributed by atoms with E-state index in [9.17, 15) is 14.4 Å². The monoisotopic (exact) mass is 638 g/mol. The Kier molecular flexibility index (Phi) is 10.8. The van der Waals surface area contributed by atoms with E-state index < -0.39 is 5.97 Å². The second kappa shape index (κ2) is 14.5. The molecule has 3 amide bonds. The van der Waals surface area contributed by atoms with E-state index in [1.807, 2.05) is 24.3 Å². The number of halogens is 2. The van der Waals surface area contributed by atoms with Crippen molar-refractivity contribution in [1.82, 2.24) is 10.3 Å². The highest BCUT2D eigenvalue weighted by atomic mass is 35.5. The van der Waals surface area contributed by atoms with Gasteiger partial charge in [0.15, 0.2) is 5.13 Å². The van der Waals surface area contributed by atoms with Crippen LogP contribution in [-0.4, -0.2) is 34.5 Å². The van der Waals surface area contributed by atoms with Gasteiger partial charge in [0.2, 0.25) is 0 Å². The summed E-state index contributed by atoms with van der Waals surface area (Å²) < 4.78 is 0.727. The minimum atomic E-state index is -0.981. The normalized spacial score (nSPS) is 12.7. The molecule has 1 aliphatic carbocycles. The van der Waals surface area contributed by atoms with Crippen LogP contribution in [0, 0.1) is 0 Å². The second-order valence-electron chi connectivity index (χ2n) is 9.89. The molecule has 0 spiro atoms. The number of hydrogen-bond acceptors (Lipinski definition) is 5. The number of carboxylic acid groups (broad SMARTS) is 1. The number of aliphatic carboxylic acids is 1. The molecular weight excluding hydrogens is 607 g/mol. The molecule has 3 aromatic carbocycles. The standard InChI is InChI=1S/C31H28Cl2N4O4S.CH4/c32-23-16-25(33)28-26(17-23)35-30(42-28)36-31(41)37(24-12-10-21(11-13-24)20-4-2-1-3-5-20)18-19-6-8-22(9-7-19)29(40)34-15-14-27(38)39;/h4,6-13,16-17H,1-3,5,14-15,18H2,(H,34,40)(H,38,39)(H,35,36,41);1H4. The highest BCUT2D eigenvalue weighted by molar-refractivity contribution is 7.23. The number of carbonyl (C=O) groups excluding carboxylic acids is 2. The summed E-state index contributed by atoms with van der Waals surface area (Å²) in [5.74, 6) is -1.34. The summed E-state index contributed by atoms with van der Waals surface area (Å²) in [7, 11) is 0. The maximum Gasteiger partial charge on any atom is 0.328 e. The van der Waals surface area contributed by atoms with Gasteiger partial charge in [0.25, 0.3) is 5.91 Å². The lowest BCUT2D eigenvalue weighted by molar-refractivity contribution is -0.136. The van der Waals surface area contributed by atoms with Crippen LogP contribution in [-0.2, 0) is 11.3 Å². The summed E-state index contributed by atoms with van der Waals surface area (Å²) in [5, 5.41) is 15.6. The Hall–Kier alpha value is -3.92. The van der Waals surface area contributed by atoms with Crippen molar-refractivity contribution in [3.63, 3.8) is 0 Å². The quantitative estimate of drug-likeness (QED) is 0.170. The van der Waals surface area contributed by atoms with Crippen molar-refractivity contribution in [3.05, 3.63) is 93.5 Å². The molecule has 0 atom stereocenters. The number of carboxylic acids is 1. The minimum Gasteiger partial charge on any atom is -0.481 e. The summed E-state index contributed by atoms with van der Waals surface area (Å²) >= 11 is 13.7. The van der Waals surface area contributed by atoms with E-state index in [1.54, 1.807) is 41.3 Å². The van der Waals surface area contributed by atoms with Crippen LogP contribution in [0.25, 0.3) is 15.8 Å². The van der Waals surface area contributed by atoms with Crippen molar-refractivity contribution in [2.45, 2.75) is 46.1 Å². The molecule has 1 aromatic heterocycles. The van der Waals surface area contributed by atoms with Crippen LogP contribution >= 0.6 is 34.5 Å². The van der Waals surface area contributed by atoms with Crippen molar-refractivity contribution < 1.29 is 19.5 Å². The maximum absolute atomic E-state index is 13.7. The summed E-state index contributed by atoms with van der Waals surface area (Å²) in [4.78, 5) is 42.9. The molecule has 43 heavy (non-hydrogen) atoms. The largest absolute Gasteiger partial charge is 0.481 e. The van der Waals surface area contributed by atoms with Gasteiger partial charge in [-0.15, -0.1) is 0 Å². The molecule has 0 saturated heterocycles. The lowest BCUT2D eigenvalue weighted by atomic mass is 9.93. The van der Waals surface area contributed by atoms with E-state index in [2.05, 4.69) is 21.7 Å². The first-order valence-electron chi connectivity index (χ1n) is 13.5. The number of fused-ring (bicyclic) bond motifs is 1. The summed E-state index contributed by atoms with van der Waals surface area (Å²) in [6, 6.07) is 17.8. The molecule has 5 rings (SSSR count). The molecule has 224 valence electrons. The number of anilines is 2. The smallest absolute Gasteiger partial charge is 0.328 e. The zero-order valence-corrected chi connectivity index (χ0v) is 24.9. The molecule has 0 radical (unpaired) electrons. The number of benzene rings is 3. The van der Waals surface area contributed by atoms with Crippen LogP contribution in [0.5, 0.6) is 0 Å². The topological polar surface area (TPSA) is 112 Å². The molecule has 8 nitrogen and oxygen atoms in total. The first-order chi connectivity index (χ1) is 20.3. The van der Waals surface area contributed by atoms with Crippen molar-refractivity contribution >= 4 is 79.1 Å². The Morgan fingerprint density at radius 1 is 1.00 bits per heavy atom. The lowest BCUT2D eigenvalue weighted by Crippen LogP contribution is -2.34. The SMILES string of the molecule is C.O=C(O)CCNC(=O)c1ccc(CN(C(=O)Nc2nc3cc(Cl)cc(Cl)c3s2)c2ccc(C3=CCCCC3)cc2)cc1. The highest BCUT2D eigenvalue weighted by Crippen LogP contribution is 2.35. The maximum atomic E-state index is 13.7. The predicted octanol–water partition coefficient (Wildman–Crippen LogP) is 8.64. The third kappa shape index (κ3) is 8.13. The molecule has 1 aliphatic rings. The van der Waals surface area contributed by atoms with Gasteiger partial charge < -0.3 is 10.4 Å². The lowest BCUT2D eigenvalue weighted by Gasteiger charge is -2.23. The van der Waals surface area contributed by atoms with Crippen molar-refractivity contribution in [1.29, 1.82) is 0 Å². The number of urea groups is 1. The number of thiazole rings is 1. The number of allylic oxidation sites excluding steroid dienone is 2. The number of rotatable bonds is 9. The average Bonchev–Trinajstić information content (AvgIpc) is 3.39. The van der Waals surface area contributed by atoms with Crippen LogP contribution in [0.3, 0.4) is 0 Å². The Balaban J connectivity index is 0.00000423. The molecular formula is C32H32Cl2N4O4S.